The van der Waals surface area contributed by atoms with Crippen molar-refractivity contribution in [3.63, 3.8) is 0 Å². The van der Waals surface area contributed by atoms with Crippen molar-refractivity contribution in [2.75, 3.05) is 6.61 Å². The average Bonchev–Trinajstić information content (AvgIpc) is 2.61. The highest BCUT2D eigenvalue weighted by molar-refractivity contribution is 6.01. The zero-order valence-corrected chi connectivity index (χ0v) is 13.4. The highest BCUT2D eigenvalue weighted by Gasteiger charge is 2.05. The maximum Gasteiger partial charge on any atom is 0.277 e. The zero-order chi connectivity index (χ0) is 16.3. The van der Waals surface area contributed by atoms with Gasteiger partial charge in [-0.25, -0.2) is 5.43 Å². The number of benzene rings is 2. The van der Waals surface area contributed by atoms with Crippen molar-refractivity contribution >= 4 is 11.6 Å². The molecule has 4 heteroatoms. The van der Waals surface area contributed by atoms with Crippen molar-refractivity contribution in [3.8, 4) is 5.75 Å². The summed E-state index contributed by atoms with van der Waals surface area (Å²) < 4.78 is 5.41. The van der Waals surface area contributed by atoms with Crippen LogP contribution in [0, 0.1) is 0 Å². The number of hydrogen-bond donors (Lipinski definition) is 1. The Bertz CT molecular complexity index is 624. The van der Waals surface area contributed by atoms with Gasteiger partial charge in [-0.2, -0.15) is 5.10 Å². The molecule has 0 spiro atoms. The minimum atomic E-state index is -0.265. The van der Waals surface area contributed by atoms with Gasteiger partial charge in [-0.3, -0.25) is 4.79 Å². The van der Waals surface area contributed by atoms with Crippen molar-refractivity contribution in [1.82, 2.24) is 5.43 Å². The third kappa shape index (κ3) is 5.94. The molecule has 0 heterocycles. The molecule has 1 amide bonds. The van der Waals surface area contributed by atoms with Gasteiger partial charge < -0.3 is 4.74 Å². The fraction of sp³-hybridized carbons (Fsp3) is 0.263. The normalized spacial score (nSPS) is 11.1. The van der Waals surface area contributed by atoms with E-state index in [0.29, 0.717) is 5.75 Å². The van der Waals surface area contributed by atoms with Crippen LogP contribution < -0.4 is 10.2 Å². The van der Waals surface area contributed by atoms with Crippen LogP contribution in [0.5, 0.6) is 5.75 Å². The molecular weight excluding hydrogens is 288 g/mol. The van der Waals surface area contributed by atoms with E-state index in [2.05, 4.69) is 17.5 Å². The lowest BCUT2D eigenvalue weighted by Crippen LogP contribution is -2.26. The molecule has 0 aliphatic carbocycles. The van der Waals surface area contributed by atoms with Gasteiger partial charge in [0.05, 0.1) is 5.71 Å². The molecule has 0 atom stereocenters. The van der Waals surface area contributed by atoms with Crippen molar-refractivity contribution in [3.05, 3.63) is 66.2 Å². The summed E-state index contributed by atoms with van der Waals surface area (Å²) in [6.07, 6.45) is 2.95. The van der Waals surface area contributed by atoms with E-state index in [1.165, 1.54) is 0 Å². The van der Waals surface area contributed by atoms with Gasteiger partial charge in [-0.15, -0.1) is 0 Å². The fourth-order valence-corrected chi connectivity index (χ4v) is 2.07. The lowest BCUT2D eigenvalue weighted by Gasteiger charge is -2.08. The number of unbranched alkanes of at least 4 members (excludes halogenated alkanes) is 1. The average molecular weight is 310 g/mol. The highest BCUT2D eigenvalue weighted by Crippen LogP contribution is 2.09. The van der Waals surface area contributed by atoms with Gasteiger partial charge in [0.15, 0.2) is 6.61 Å². The number of carbonyl (C=O) groups excluding carboxylic acids is 1. The number of carbonyl (C=O) groups is 1. The molecule has 0 saturated carbocycles. The van der Waals surface area contributed by atoms with E-state index in [4.69, 9.17) is 4.74 Å². The van der Waals surface area contributed by atoms with Gasteiger partial charge in [0, 0.05) is 0 Å². The Balaban J connectivity index is 1.92. The smallest absolute Gasteiger partial charge is 0.277 e. The van der Waals surface area contributed by atoms with Crippen LogP contribution in [-0.2, 0) is 4.79 Å². The summed E-state index contributed by atoms with van der Waals surface area (Å²) in [4.78, 5) is 11.9. The molecule has 0 aliphatic heterocycles. The Morgan fingerprint density at radius 1 is 1.04 bits per heavy atom. The molecule has 0 bridgehead atoms. The molecule has 120 valence electrons. The Hall–Kier alpha value is -2.62. The number of nitrogens with zero attached hydrogens (tertiary/aromatic N) is 1. The lowest BCUT2D eigenvalue weighted by molar-refractivity contribution is -0.123. The second-order valence-electron chi connectivity index (χ2n) is 5.16. The monoisotopic (exact) mass is 310 g/mol. The number of hydrogen-bond acceptors (Lipinski definition) is 3. The van der Waals surface area contributed by atoms with Crippen LogP contribution in [-0.4, -0.2) is 18.2 Å². The van der Waals surface area contributed by atoms with Gasteiger partial charge in [-0.05, 0) is 30.5 Å². The van der Waals surface area contributed by atoms with E-state index in [9.17, 15) is 4.79 Å². The van der Waals surface area contributed by atoms with Crippen LogP contribution in [0.15, 0.2) is 65.8 Å². The van der Waals surface area contributed by atoms with Crippen molar-refractivity contribution in [1.29, 1.82) is 0 Å². The molecule has 0 aromatic heterocycles. The maximum atomic E-state index is 11.9. The van der Waals surface area contributed by atoms with Crippen LogP contribution in [0.1, 0.15) is 31.7 Å². The van der Waals surface area contributed by atoms with Crippen LogP contribution >= 0.6 is 0 Å². The zero-order valence-electron chi connectivity index (χ0n) is 13.4. The van der Waals surface area contributed by atoms with Gasteiger partial charge in [0.25, 0.3) is 5.91 Å². The van der Waals surface area contributed by atoms with E-state index in [1.807, 2.05) is 60.7 Å². The molecule has 0 unspecified atom stereocenters. The Labute approximate surface area is 137 Å². The van der Waals surface area contributed by atoms with Gasteiger partial charge in [-0.1, -0.05) is 61.9 Å². The van der Waals surface area contributed by atoms with Crippen LogP contribution in [0.2, 0.25) is 0 Å². The van der Waals surface area contributed by atoms with E-state index < -0.39 is 0 Å². The molecule has 23 heavy (non-hydrogen) atoms. The topological polar surface area (TPSA) is 50.7 Å². The molecule has 0 saturated heterocycles. The third-order valence-electron chi connectivity index (χ3n) is 3.30. The molecule has 0 fully saturated rings. The second kappa shape index (κ2) is 9.41. The first-order chi connectivity index (χ1) is 11.3. The first-order valence-corrected chi connectivity index (χ1v) is 7.88. The quantitative estimate of drug-likeness (QED) is 0.596. The first-order valence-electron chi connectivity index (χ1n) is 7.88. The summed E-state index contributed by atoms with van der Waals surface area (Å²) in [5.74, 6) is 0.402. The summed E-state index contributed by atoms with van der Waals surface area (Å²) >= 11 is 0. The molecule has 4 nitrogen and oxygen atoms in total. The third-order valence-corrected chi connectivity index (χ3v) is 3.30. The van der Waals surface area contributed by atoms with Crippen molar-refractivity contribution in [2.45, 2.75) is 26.2 Å². The number of rotatable bonds is 8. The molecule has 2 rings (SSSR count). The minimum Gasteiger partial charge on any atom is -0.484 e. The Morgan fingerprint density at radius 3 is 2.35 bits per heavy atom. The number of amides is 1. The van der Waals surface area contributed by atoms with Crippen molar-refractivity contribution in [2.24, 2.45) is 5.10 Å². The predicted octanol–water partition coefficient (Wildman–Crippen LogP) is 3.78. The molecule has 2 aromatic carbocycles. The number of hydrazone groups is 1. The highest BCUT2D eigenvalue weighted by atomic mass is 16.5. The number of nitrogens with one attached hydrogen (secondary N) is 1. The Morgan fingerprint density at radius 2 is 1.70 bits per heavy atom. The van der Waals surface area contributed by atoms with Gasteiger partial charge in [0.1, 0.15) is 5.75 Å². The summed E-state index contributed by atoms with van der Waals surface area (Å²) in [6, 6.07) is 19.2. The second-order valence-corrected chi connectivity index (χ2v) is 5.16. The summed E-state index contributed by atoms with van der Waals surface area (Å²) in [7, 11) is 0. The van der Waals surface area contributed by atoms with Crippen LogP contribution in [0.25, 0.3) is 0 Å². The van der Waals surface area contributed by atoms with E-state index in [0.717, 1.165) is 30.5 Å². The van der Waals surface area contributed by atoms with Crippen LogP contribution in [0.3, 0.4) is 0 Å². The van der Waals surface area contributed by atoms with E-state index in [-0.39, 0.29) is 12.5 Å². The number of para-hydroxylation sites is 1. The Kier molecular flexibility index (Phi) is 6.85. The molecule has 1 N–H and O–H groups in total. The van der Waals surface area contributed by atoms with E-state index >= 15 is 0 Å². The largest absolute Gasteiger partial charge is 0.484 e. The predicted molar refractivity (Wildman–Crippen MR) is 92.6 cm³/mol. The molecule has 0 aliphatic rings. The molecule has 0 radical (unpaired) electrons. The minimum absolute atomic E-state index is 0.0522. The standard InChI is InChI=1S/C19H22N2O2/c1-2-3-14-18(16-10-6-4-7-11-16)20-21-19(22)15-23-17-12-8-5-9-13-17/h4-13H,2-3,14-15H2,1H3,(H,21,22)/b20-18+. The van der Waals surface area contributed by atoms with E-state index in [1.54, 1.807) is 0 Å². The van der Waals surface area contributed by atoms with Crippen molar-refractivity contribution < 1.29 is 9.53 Å². The molecule has 2 aromatic rings. The SMILES string of the molecule is CCCC/C(=N\NC(=O)COc1ccccc1)c1ccccc1. The fourth-order valence-electron chi connectivity index (χ4n) is 2.07. The summed E-state index contributed by atoms with van der Waals surface area (Å²) in [6.45, 7) is 2.08. The van der Waals surface area contributed by atoms with Crippen LogP contribution in [0.4, 0.5) is 0 Å². The summed E-state index contributed by atoms with van der Waals surface area (Å²) in [5.41, 5.74) is 4.51. The lowest BCUT2D eigenvalue weighted by atomic mass is 10.1. The maximum absolute atomic E-state index is 11.9. The van der Waals surface area contributed by atoms with Gasteiger partial charge in [0.2, 0.25) is 0 Å². The molecular formula is C19H22N2O2. The van der Waals surface area contributed by atoms with Gasteiger partial charge >= 0.3 is 0 Å². The number of ether oxygens (including phenoxy) is 1. The first kappa shape index (κ1) is 16.7. The summed E-state index contributed by atoms with van der Waals surface area (Å²) in [5, 5.41) is 4.28.